The van der Waals surface area contributed by atoms with Crippen LogP contribution in [0.3, 0.4) is 0 Å². The number of hydrogen-bond donors (Lipinski definition) is 2. The van der Waals surface area contributed by atoms with Gasteiger partial charge in [0.25, 0.3) is 0 Å². The first-order valence-electron chi connectivity index (χ1n) is 5.25. The van der Waals surface area contributed by atoms with E-state index >= 15 is 0 Å². The van der Waals surface area contributed by atoms with Crippen molar-refractivity contribution in [3.8, 4) is 11.6 Å². The first-order valence-corrected chi connectivity index (χ1v) is 6.04. The second kappa shape index (κ2) is 4.85. The number of furan rings is 1. The molecule has 0 spiro atoms. The first kappa shape index (κ1) is 12.1. The lowest BCUT2D eigenvalue weighted by atomic mass is 10.1. The summed E-state index contributed by atoms with van der Waals surface area (Å²) in [6.07, 6.45) is 0.827. The van der Waals surface area contributed by atoms with Gasteiger partial charge in [-0.15, -0.1) is 0 Å². The Morgan fingerprint density at radius 3 is 2.71 bits per heavy atom. The Morgan fingerprint density at radius 1 is 1.41 bits per heavy atom. The highest BCUT2D eigenvalue weighted by molar-refractivity contribution is 9.10. The lowest BCUT2D eigenvalue weighted by molar-refractivity contribution is 0.551. The molecule has 0 atom stereocenters. The third-order valence-electron chi connectivity index (χ3n) is 2.50. The van der Waals surface area contributed by atoms with Crippen molar-refractivity contribution in [2.45, 2.75) is 20.3 Å². The van der Waals surface area contributed by atoms with Gasteiger partial charge in [-0.1, -0.05) is 6.92 Å². The van der Waals surface area contributed by atoms with Crippen LogP contribution in [-0.4, -0.2) is 9.97 Å². The molecule has 0 radical (unpaired) electrons. The van der Waals surface area contributed by atoms with Crippen molar-refractivity contribution in [3.05, 3.63) is 28.1 Å². The van der Waals surface area contributed by atoms with Crippen LogP contribution in [0.15, 0.2) is 21.2 Å². The number of nitrogens with one attached hydrogen (secondary N) is 1. The number of anilines is 1. The number of rotatable bonds is 3. The average Bonchev–Trinajstić information content (AvgIpc) is 2.74. The highest BCUT2D eigenvalue weighted by Crippen LogP contribution is 2.25. The van der Waals surface area contributed by atoms with Crippen LogP contribution in [0.2, 0.25) is 0 Å². The molecule has 0 aromatic carbocycles. The van der Waals surface area contributed by atoms with Gasteiger partial charge in [-0.25, -0.2) is 15.8 Å². The van der Waals surface area contributed by atoms with E-state index in [1.54, 1.807) is 6.07 Å². The van der Waals surface area contributed by atoms with Crippen LogP contribution < -0.4 is 11.3 Å². The number of aryl methyl sites for hydroxylation is 1. The van der Waals surface area contributed by atoms with Gasteiger partial charge in [0.15, 0.2) is 16.3 Å². The minimum absolute atomic E-state index is 0.526. The van der Waals surface area contributed by atoms with Gasteiger partial charge < -0.3 is 9.84 Å². The Morgan fingerprint density at radius 2 is 2.18 bits per heavy atom. The second-order valence-electron chi connectivity index (χ2n) is 3.56. The molecule has 2 aromatic heterocycles. The lowest BCUT2D eigenvalue weighted by Crippen LogP contribution is -2.13. The summed E-state index contributed by atoms with van der Waals surface area (Å²) in [5.41, 5.74) is 4.52. The third-order valence-corrected chi connectivity index (χ3v) is 2.92. The zero-order chi connectivity index (χ0) is 12.4. The van der Waals surface area contributed by atoms with E-state index in [1.165, 1.54) is 0 Å². The maximum absolute atomic E-state index is 5.47. The molecule has 5 nitrogen and oxygen atoms in total. The van der Waals surface area contributed by atoms with Crippen molar-refractivity contribution < 1.29 is 4.42 Å². The molecule has 3 N–H and O–H groups in total. The van der Waals surface area contributed by atoms with E-state index in [4.69, 9.17) is 10.3 Å². The summed E-state index contributed by atoms with van der Waals surface area (Å²) in [5, 5.41) is 0. The van der Waals surface area contributed by atoms with E-state index < -0.39 is 0 Å². The van der Waals surface area contributed by atoms with Gasteiger partial charge in [0.05, 0.1) is 0 Å². The van der Waals surface area contributed by atoms with E-state index in [0.29, 0.717) is 22.1 Å². The zero-order valence-corrected chi connectivity index (χ0v) is 11.2. The molecule has 0 unspecified atom stereocenters. The van der Waals surface area contributed by atoms with E-state index in [0.717, 1.165) is 17.7 Å². The molecule has 0 saturated carbocycles. The summed E-state index contributed by atoms with van der Waals surface area (Å²) in [6.45, 7) is 3.97. The third kappa shape index (κ3) is 2.32. The number of hydrazine groups is 1. The Bertz CT molecular complexity index is 538. The average molecular weight is 297 g/mol. The van der Waals surface area contributed by atoms with E-state index in [9.17, 15) is 0 Å². The van der Waals surface area contributed by atoms with E-state index in [2.05, 4.69) is 31.3 Å². The Labute approximate surface area is 108 Å². The fraction of sp³-hybridized carbons (Fsp3) is 0.273. The van der Waals surface area contributed by atoms with Crippen LogP contribution >= 0.6 is 15.9 Å². The van der Waals surface area contributed by atoms with E-state index in [-0.39, 0.29) is 0 Å². The monoisotopic (exact) mass is 296 g/mol. The van der Waals surface area contributed by atoms with Crippen LogP contribution in [0.25, 0.3) is 11.6 Å². The minimum atomic E-state index is 0.526. The van der Waals surface area contributed by atoms with Crippen LogP contribution in [0, 0.1) is 6.92 Å². The summed E-state index contributed by atoms with van der Waals surface area (Å²) in [6, 6.07) is 3.61. The SMILES string of the molecule is CCc1c(C)nc(-c2ccc(Br)o2)nc1NN. The molecule has 17 heavy (non-hydrogen) atoms. The number of halogens is 1. The summed E-state index contributed by atoms with van der Waals surface area (Å²) in [7, 11) is 0. The highest BCUT2D eigenvalue weighted by Gasteiger charge is 2.13. The normalized spacial score (nSPS) is 10.6. The molecule has 90 valence electrons. The van der Waals surface area contributed by atoms with Crippen molar-refractivity contribution in [2.24, 2.45) is 5.84 Å². The fourth-order valence-corrected chi connectivity index (χ4v) is 1.99. The first-order chi connectivity index (χ1) is 8.15. The van der Waals surface area contributed by atoms with Crippen molar-refractivity contribution in [2.75, 3.05) is 5.43 Å². The predicted molar refractivity (Wildman–Crippen MR) is 69.4 cm³/mol. The molecule has 0 bridgehead atoms. The van der Waals surface area contributed by atoms with Crippen LogP contribution in [0.5, 0.6) is 0 Å². The second-order valence-corrected chi connectivity index (χ2v) is 4.34. The van der Waals surface area contributed by atoms with Crippen LogP contribution in [0.4, 0.5) is 5.82 Å². The lowest BCUT2D eigenvalue weighted by Gasteiger charge is -2.09. The Hall–Kier alpha value is -1.40. The molecule has 0 saturated heterocycles. The fourth-order valence-electron chi connectivity index (χ4n) is 1.68. The van der Waals surface area contributed by atoms with Crippen LogP contribution in [-0.2, 0) is 6.42 Å². The maximum atomic E-state index is 5.47. The Balaban J connectivity index is 2.53. The molecular weight excluding hydrogens is 284 g/mol. The van der Waals surface area contributed by atoms with Crippen LogP contribution in [0.1, 0.15) is 18.2 Å². The molecule has 2 heterocycles. The standard InChI is InChI=1S/C11H13BrN4O/c1-3-7-6(2)14-11(15-10(7)16-13)8-4-5-9(12)17-8/h4-5H,3,13H2,1-2H3,(H,14,15,16). The van der Waals surface area contributed by atoms with Gasteiger partial charge in [0.2, 0.25) is 0 Å². The topological polar surface area (TPSA) is 77.0 Å². The summed E-state index contributed by atoms with van der Waals surface area (Å²) in [5.74, 6) is 7.24. The molecule has 0 amide bonds. The van der Waals surface area contributed by atoms with Gasteiger partial charge in [-0.2, -0.15) is 0 Å². The van der Waals surface area contributed by atoms with Gasteiger partial charge in [-0.3, -0.25) is 0 Å². The molecule has 0 fully saturated rings. The molecule has 6 heteroatoms. The van der Waals surface area contributed by atoms with Gasteiger partial charge in [0, 0.05) is 11.3 Å². The molecular formula is C11H13BrN4O. The zero-order valence-electron chi connectivity index (χ0n) is 9.62. The molecule has 2 rings (SSSR count). The highest BCUT2D eigenvalue weighted by atomic mass is 79.9. The maximum Gasteiger partial charge on any atom is 0.197 e. The quantitative estimate of drug-likeness (QED) is 0.672. The number of nitrogens with zero attached hydrogens (tertiary/aromatic N) is 2. The number of hydrogen-bond acceptors (Lipinski definition) is 5. The van der Waals surface area contributed by atoms with Gasteiger partial charge in [-0.05, 0) is 41.4 Å². The molecule has 0 aliphatic heterocycles. The van der Waals surface area contributed by atoms with Crippen molar-refractivity contribution >= 4 is 21.7 Å². The molecule has 2 aromatic rings. The van der Waals surface area contributed by atoms with E-state index in [1.807, 2.05) is 19.9 Å². The van der Waals surface area contributed by atoms with Crippen molar-refractivity contribution in [3.63, 3.8) is 0 Å². The largest absolute Gasteiger partial charge is 0.446 e. The number of nitrogens with two attached hydrogens (primary N) is 1. The number of aromatic nitrogens is 2. The van der Waals surface area contributed by atoms with Crippen molar-refractivity contribution in [1.29, 1.82) is 0 Å². The number of nitrogen functional groups attached to an aromatic ring is 1. The summed E-state index contributed by atoms with van der Waals surface area (Å²) in [4.78, 5) is 8.76. The molecule has 0 aliphatic carbocycles. The Kier molecular flexibility index (Phi) is 3.44. The van der Waals surface area contributed by atoms with Gasteiger partial charge >= 0.3 is 0 Å². The molecule has 0 aliphatic rings. The predicted octanol–water partition coefficient (Wildman–Crippen LogP) is 2.66. The summed E-state index contributed by atoms with van der Waals surface area (Å²) < 4.78 is 6.07. The van der Waals surface area contributed by atoms with Gasteiger partial charge in [0.1, 0.15) is 5.82 Å². The summed E-state index contributed by atoms with van der Waals surface area (Å²) >= 11 is 3.25. The van der Waals surface area contributed by atoms with Crippen molar-refractivity contribution in [1.82, 2.24) is 9.97 Å². The smallest absolute Gasteiger partial charge is 0.197 e. The minimum Gasteiger partial charge on any atom is -0.446 e.